The molecule has 2 aliphatic rings. The van der Waals surface area contributed by atoms with Crippen molar-refractivity contribution in [2.75, 3.05) is 45.6 Å². The van der Waals surface area contributed by atoms with Crippen LogP contribution in [0.5, 0.6) is 5.75 Å². The predicted molar refractivity (Wildman–Crippen MR) is 122 cm³/mol. The summed E-state index contributed by atoms with van der Waals surface area (Å²) in [6, 6.07) is 15.5. The highest BCUT2D eigenvalue weighted by Gasteiger charge is 2.20. The van der Waals surface area contributed by atoms with Gasteiger partial charge >= 0.3 is 0 Å². The lowest BCUT2D eigenvalue weighted by Gasteiger charge is -2.34. The molecule has 0 radical (unpaired) electrons. The van der Waals surface area contributed by atoms with Gasteiger partial charge in [-0.2, -0.15) is 0 Å². The number of carbonyl (C=O) groups excluding carboxylic acids is 1. The minimum Gasteiger partial charge on any atom is -0.492 e. The van der Waals surface area contributed by atoms with Gasteiger partial charge in [-0.15, -0.1) is 11.8 Å². The Balaban J connectivity index is 1.39. The topological polar surface area (TPSA) is 36.0 Å². The lowest BCUT2D eigenvalue weighted by atomic mass is 10.1. The molecule has 2 heterocycles. The molecule has 0 saturated carbocycles. The standard InChI is InChI=1S/C24H31N3O2S/c1-19(28)27-11-9-25(10-12-27)17-21-5-8-24-22(15-21)18-26(13-14-29-24)16-20-3-6-23(30-2)7-4-20/h3-8,15H,9-14,16-18H2,1-2H3. The zero-order chi connectivity index (χ0) is 20.9. The Kier molecular flexibility index (Phi) is 6.97. The van der Waals surface area contributed by atoms with Crippen molar-refractivity contribution < 1.29 is 9.53 Å². The van der Waals surface area contributed by atoms with Gasteiger partial charge in [-0.25, -0.2) is 0 Å². The molecule has 2 aromatic rings. The van der Waals surface area contributed by atoms with Gasteiger partial charge < -0.3 is 9.64 Å². The molecule has 5 nitrogen and oxygen atoms in total. The number of hydrogen-bond acceptors (Lipinski definition) is 5. The Bertz CT molecular complexity index is 863. The van der Waals surface area contributed by atoms with Crippen LogP contribution in [-0.2, 0) is 24.4 Å². The second-order valence-electron chi connectivity index (χ2n) is 8.13. The van der Waals surface area contributed by atoms with Crippen molar-refractivity contribution in [3.05, 3.63) is 59.2 Å². The lowest BCUT2D eigenvalue weighted by Crippen LogP contribution is -2.47. The maximum absolute atomic E-state index is 11.5. The number of benzene rings is 2. The normalized spacial score (nSPS) is 17.9. The van der Waals surface area contributed by atoms with E-state index in [0.717, 1.165) is 64.7 Å². The van der Waals surface area contributed by atoms with Crippen LogP contribution in [0.1, 0.15) is 23.6 Å². The maximum atomic E-state index is 11.5. The van der Waals surface area contributed by atoms with Crippen LogP contribution in [0.4, 0.5) is 0 Å². The molecule has 0 spiro atoms. The zero-order valence-corrected chi connectivity index (χ0v) is 18.8. The van der Waals surface area contributed by atoms with E-state index >= 15 is 0 Å². The summed E-state index contributed by atoms with van der Waals surface area (Å²) in [5, 5.41) is 0. The monoisotopic (exact) mass is 425 g/mol. The van der Waals surface area contributed by atoms with Gasteiger partial charge in [0.05, 0.1) is 0 Å². The highest BCUT2D eigenvalue weighted by atomic mass is 32.2. The third kappa shape index (κ3) is 5.36. The van der Waals surface area contributed by atoms with Gasteiger partial charge in [-0.3, -0.25) is 14.6 Å². The smallest absolute Gasteiger partial charge is 0.219 e. The van der Waals surface area contributed by atoms with E-state index in [1.807, 2.05) is 4.90 Å². The molecule has 1 fully saturated rings. The number of fused-ring (bicyclic) bond motifs is 1. The first-order chi connectivity index (χ1) is 14.6. The molecule has 4 rings (SSSR count). The van der Waals surface area contributed by atoms with Crippen molar-refractivity contribution in [3.63, 3.8) is 0 Å². The summed E-state index contributed by atoms with van der Waals surface area (Å²) in [6.07, 6.45) is 2.11. The number of amides is 1. The first kappa shape index (κ1) is 21.2. The van der Waals surface area contributed by atoms with Crippen LogP contribution in [-0.4, -0.2) is 66.2 Å². The van der Waals surface area contributed by atoms with E-state index in [2.05, 4.69) is 58.5 Å². The van der Waals surface area contributed by atoms with Crippen molar-refractivity contribution in [1.82, 2.24) is 14.7 Å². The largest absolute Gasteiger partial charge is 0.492 e. The van der Waals surface area contributed by atoms with Crippen LogP contribution in [0, 0.1) is 0 Å². The molecule has 1 saturated heterocycles. The summed E-state index contributed by atoms with van der Waals surface area (Å²) in [5.74, 6) is 1.19. The fourth-order valence-electron chi connectivity index (χ4n) is 4.20. The van der Waals surface area contributed by atoms with E-state index in [0.29, 0.717) is 0 Å². The van der Waals surface area contributed by atoms with Gasteiger partial charge in [0, 0.05) is 69.7 Å². The second kappa shape index (κ2) is 9.86. The van der Waals surface area contributed by atoms with Gasteiger partial charge in [0.2, 0.25) is 5.91 Å². The number of ether oxygens (including phenoxy) is 1. The second-order valence-corrected chi connectivity index (χ2v) is 9.01. The van der Waals surface area contributed by atoms with E-state index in [4.69, 9.17) is 4.74 Å². The SMILES string of the molecule is CSc1ccc(CN2CCOc3ccc(CN4CCN(C(C)=O)CC4)cc3C2)cc1. The molecule has 2 aliphatic heterocycles. The number of hydrogen-bond donors (Lipinski definition) is 0. The van der Waals surface area contributed by atoms with Gasteiger partial charge in [0.25, 0.3) is 0 Å². The molecule has 0 atom stereocenters. The Morgan fingerprint density at radius 1 is 0.933 bits per heavy atom. The summed E-state index contributed by atoms with van der Waals surface area (Å²) in [4.78, 5) is 19.7. The zero-order valence-electron chi connectivity index (χ0n) is 18.0. The minimum atomic E-state index is 0.181. The highest BCUT2D eigenvalue weighted by molar-refractivity contribution is 7.98. The first-order valence-electron chi connectivity index (χ1n) is 10.7. The Hall–Kier alpha value is -2.02. The number of rotatable bonds is 5. The first-order valence-corrected chi connectivity index (χ1v) is 11.9. The van der Waals surface area contributed by atoms with E-state index < -0.39 is 0 Å². The van der Waals surface area contributed by atoms with Gasteiger partial charge in [0.15, 0.2) is 0 Å². The third-order valence-electron chi connectivity index (χ3n) is 5.97. The maximum Gasteiger partial charge on any atom is 0.219 e. The van der Waals surface area contributed by atoms with Crippen LogP contribution >= 0.6 is 11.8 Å². The quantitative estimate of drug-likeness (QED) is 0.686. The molecular formula is C24H31N3O2S. The molecule has 0 unspecified atom stereocenters. The number of piperazine rings is 1. The van der Waals surface area contributed by atoms with E-state index in [9.17, 15) is 4.79 Å². The highest BCUT2D eigenvalue weighted by Crippen LogP contribution is 2.26. The van der Waals surface area contributed by atoms with Gasteiger partial charge in [0.1, 0.15) is 12.4 Å². The summed E-state index contributed by atoms with van der Waals surface area (Å²) in [6.45, 7) is 9.61. The average molecular weight is 426 g/mol. The molecule has 1 amide bonds. The van der Waals surface area contributed by atoms with Crippen LogP contribution in [0.3, 0.4) is 0 Å². The number of thioether (sulfide) groups is 1. The fourth-order valence-corrected chi connectivity index (χ4v) is 4.61. The van der Waals surface area contributed by atoms with Crippen LogP contribution < -0.4 is 4.74 Å². The Morgan fingerprint density at radius 2 is 1.63 bits per heavy atom. The fraction of sp³-hybridized carbons (Fsp3) is 0.458. The summed E-state index contributed by atoms with van der Waals surface area (Å²) in [7, 11) is 0. The van der Waals surface area contributed by atoms with E-state index in [1.54, 1.807) is 18.7 Å². The molecule has 0 aromatic heterocycles. The van der Waals surface area contributed by atoms with Crippen molar-refractivity contribution in [3.8, 4) is 5.75 Å². The van der Waals surface area contributed by atoms with Crippen molar-refractivity contribution >= 4 is 17.7 Å². The lowest BCUT2D eigenvalue weighted by molar-refractivity contribution is -0.130. The van der Waals surface area contributed by atoms with E-state index in [-0.39, 0.29) is 5.91 Å². The van der Waals surface area contributed by atoms with Crippen molar-refractivity contribution in [2.45, 2.75) is 31.5 Å². The van der Waals surface area contributed by atoms with Crippen LogP contribution in [0.25, 0.3) is 0 Å². The number of nitrogens with zero attached hydrogens (tertiary/aromatic N) is 3. The molecule has 6 heteroatoms. The van der Waals surface area contributed by atoms with E-state index in [1.165, 1.54) is 21.6 Å². The molecule has 2 aromatic carbocycles. The van der Waals surface area contributed by atoms with Crippen LogP contribution in [0.15, 0.2) is 47.4 Å². The predicted octanol–water partition coefficient (Wildman–Crippen LogP) is 3.47. The molecule has 30 heavy (non-hydrogen) atoms. The van der Waals surface area contributed by atoms with Gasteiger partial charge in [-0.1, -0.05) is 18.2 Å². The molecule has 160 valence electrons. The third-order valence-corrected chi connectivity index (χ3v) is 6.72. The molecule has 0 aliphatic carbocycles. The summed E-state index contributed by atoms with van der Waals surface area (Å²) < 4.78 is 6.04. The van der Waals surface area contributed by atoms with Crippen molar-refractivity contribution in [2.24, 2.45) is 0 Å². The average Bonchev–Trinajstić information content (AvgIpc) is 2.96. The summed E-state index contributed by atoms with van der Waals surface area (Å²) in [5.41, 5.74) is 3.93. The van der Waals surface area contributed by atoms with Gasteiger partial charge in [-0.05, 0) is 41.6 Å². The molecule has 0 N–H and O–H groups in total. The summed E-state index contributed by atoms with van der Waals surface area (Å²) >= 11 is 1.78. The Labute approximate surface area is 184 Å². The minimum absolute atomic E-state index is 0.181. The van der Waals surface area contributed by atoms with Crippen molar-refractivity contribution in [1.29, 1.82) is 0 Å². The number of carbonyl (C=O) groups is 1. The van der Waals surface area contributed by atoms with Crippen LogP contribution in [0.2, 0.25) is 0 Å². The molecule has 0 bridgehead atoms. The Morgan fingerprint density at radius 3 is 2.33 bits per heavy atom. The molecular weight excluding hydrogens is 394 g/mol.